The first-order valence-corrected chi connectivity index (χ1v) is 6.64. The van der Waals surface area contributed by atoms with E-state index >= 15 is 0 Å². The summed E-state index contributed by atoms with van der Waals surface area (Å²) in [6.45, 7) is 2.22. The Bertz CT molecular complexity index is 758. The first-order chi connectivity index (χ1) is 10.3. The molecule has 21 heavy (non-hydrogen) atoms. The molecular weight excluding hydrogens is 266 g/mol. The van der Waals surface area contributed by atoms with Crippen molar-refractivity contribution < 1.29 is 5.11 Å². The van der Waals surface area contributed by atoms with Crippen molar-refractivity contribution in [1.29, 1.82) is 0 Å². The van der Waals surface area contributed by atoms with E-state index in [1.165, 1.54) is 0 Å². The molecule has 0 radical (unpaired) electrons. The topological polar surface area (TPSA) is 83.8 Å². The van der Waals surface area contributed by atoms with Crippen LogP contribution in [0.25, 0.3) is 10.9 Å². The molecule has 0 saturated carbocycles. The quantitative estimate of drug-likeness (QED) is 0.759. The zero-order valence-corrected chi connectivity index (χ0v) is 11.6. The summed E-state index contributed by atoms with van der Waals surface area (Å²) in [5, 5.41) is 13.4. The van der Waals surface area contributed by atoms with Gasteiger partial charge in [0.15, 0.2) is 5.82 Å². The van der Waals surface area contributed by atoms with Gasteiger partial charge in [-0.2, -0.15) is 0 Å². The number of aromatic nitrogens is 4. The number of aliphatic hydroxyl groups excluding tert-OH is 1. The van der Waals surface area contributed by atoms with Crippen molar-refractivity contribution in [3.63, 3.8) is 0 Å². The van der Waals surface area contributed by atoms with E-state index in [2.05, 4.69) is 25.3 Å². The number of para-hydroxylation sites is 1. The Hall–Kier alpha value is -2.60. The molecule has 0 saturated heterocycles. The van der Waals surface area contributed by atoms with Gasteiger partial charge in [0, 0.05) is 11.6 Å². The van der Waals surface area contributed by atoms with Gasteiger partial charge in [-0.1, -0.05) is 12.1 Å². The fraction of sp³-hybridized carbons (Fsp3) is 0.200. The Morgan fingerprint density at radius 3 is 2.71 bits per heavy atom. The molecule has 2 aromatic heterocycles. The largest absolute Gasteiger partial charge is 0.388 e. The molecule has 0 fully saturated rings. The lowest BCUT2D eigenvalue weighted by molar-refractivity contribution is 0.272. The number of nitrogens with zero attached hydrogens (tertiary/aromatic N) is 4. The van der Waals surface area contributed by atoms with Gasteiger partial charge in [0.05, 0.1) is 29.6 Å². The smallest absolute Gasteiger partial charge is 0.156 e. The van der Waals surface area contributed by atoms with Gasteiger partial charge in [0.25, 0.3) is 0 Å². The number of hydrogen-bond acceptors (Lipinski definition) is 6. The minimum atomic E-state index is -0.191. The normalized spacial score (nSPS) is 10.8. The highest BCUT2D eigenvalue weighted by Crippen LogP contribution is 2.20. The maximum Gasteiger partial charge on any atom is 0.156 e. The molecule has 1 aromatic carbocycles. The van der Waals surface area contributed by atoms with Crippen LogP contribution < -0.4 is 5.32 Å². The number of aliphatic hydroxyl groups is 1. The van der Waals surface area contributed by atoms with E-state index in [9.17, 15) is 5.11 Å². The van der Waals surface area contributed by atoms with Crippen LogP contribution in [0.2, 0.25) is 0 Å². The molecule has 0 atom stereocenters. The zero-order chi connectivity index (χ0) is 14.7. The molecule has 106 valence electrons. The third kappa shape index (κ3) is 2.95. The molecule has 3 aromatic rings. The van der Waals surface area contributed by atoms with Crippen molar-refractivity contribution in [2.24, 2.45) is 0 Å². The summed E-state index contributed by atoms with van der Waals surface area (Å²) in [7, 11) is 0. The first kappa shape index (κ1) is 13.4. The minimum absolute atomic E-state index is 0.191. The van der Waals surface area contributed by atoms with Crippen LogP contribution in [0.5, 0.6) is 0 Å². The van der Waals surface area contributed by atoms with Gasteiger partial charge < -0.3 is 10.4 Å². The molecule has 3 rings (SSSR count). The molecule has 0 unspecified atom stereocenters. The van der Waals surface area contributed by atoms with Crippen molar-refractivity contribution in [1.82, 2.24) is 19.9 Å². The predicted molar refractivity (Wildman–Crippen MR) is 79.6 cm³/mol. The van der Waals surface area contributed by atoms with Crippen LogP contribution in [0.15, 0.2) is 36.7 Å². The van der Waals surface area contributed by atoms with E-state index in [0.29, 0.717) is 18.2 Å². The number of benzene rings is 1. The molecule has 2 heterocycles. The highest BCUT2D eigenvalue weighted by atomic mass is 16.3. The van der Waals surface area contributed by atoms with Gasteiger partial charge in [-0.15, -0.1) is 0 Å². The zero-order valence-electron chi connectivity index (χ0n) is 11.6. The van der Waals surface area contributed by atoms with Crippen molar-refractivity contribution in [2.75, 3.05) is 5.32 Å². The van der Waals surface area contributed by atoms with Gasteiger partial charge >= 0.3 is 0 Å². The van der Waals surface area contributed by atoms with Crippen molar-refractivity contribution in [3.8, 4) is 0 Å². The molecule has 6 heteroatoms. The third-order valence-corrected chi connectivity index (χ3v) is 3.06. The van der Waals surface area contributed by atoms with Crippen molar-refractivity contribution in [3.05, 3.63) is 53.9 Å². The Morgan fingerprint density at radius 2 is 1.95 bits per heavy atom. The van der Waals surface area contributed by atoms with E-state index in [0.717, 1.165) is 22.3 Å². The van der Waals surface area contributed by atoms with Crippen LogP contribution >= 0.6 is 0 Å². The Labute approximate surface area is 121 Å². The number of nitrogens with one attached hydrogen (secondary N) is 1. The molecule has 2 N–H and O–H groups in total. The third-order valence-electron chi connectivity index (χ3n) is 3.06. The maximum atomic E-state index is 9.26. The Kier molecular flexibility index (Phi) is 3.70. The van der Waals surface area contributed by atoms with Gasteiger partial charge in [0.2, 0.25) is 0 Å². The average Bonchev–Trinajstić information content (AvgIpc) is 2.53. The average molecular weight is 281 g/mol. The van der Waals surface area contributed by atoms with E-state index in [4.69, 9.17) is 0 Å². The second kappa shape index (κ2) is 5.80. The Balaban J connectivity index is 1.90. The minimum Gasteiger partial charge on any atom is -0.388 e. The van der Waals surface area contributed by atoms with Gasteiger partial charge in [-0.25, -0.2) is 9.97 Å². The monoisotopic (exact) mass is 281 g/mol. The second-order valence-corrected chi connectivity index (χ2v) is 4.67. The molecule has 6 nitrogen and oxygen atoms in total. The number of anilines is 1. The molecule has 0 aliphatic heterocycles. The summed E-state index contributed by atoms with van der Waals surface area (Å²) >= 11 is 0. The van der Waals surface area contributed by atoms with Gasteiger partial charge in [0.1, 0.15) is 12.4 Å². The molecule has 0 bridgehead atoms. The SMILES string of the molecule is Cc1cnc(CNc2nc(CO)nc3ccccc23)cn1. The number of rotatable bonds is 4. The molecule has 0 amide bonds. The fourth-order valence-corrected chi connectivity index (χ4v) is 2.02. The van der Waals surface area contributed by atoms with Crippen LogP contribution in [0, 0.1) is 6.92 Å². The van der Waals surface area contributed by atoms with Crippen LogP contribution in [0.3, 0.4) is 0 Å². The number of fused-ring (bicyclic) bond motifs is 1. The second-order valence-electron chi connectivity index (χ2n) is 4.67. The summed E-state index contributed by atoms with van der Waals surface area (Å²) in [4.78, 5) is 17.1. The van der Waals surface area contributed by atoms with E-state index in [1.807, 2.05) is 31.2 Å². The summed E-state index contributed by atoms with van der Waals surface area (Å²) < 4.78 is 0. The number of hydrogen-bond donors (Lipinski definition) is 2. The van der Waals surface area contributed by atoms with E-state index < -0.39 is 0 Å². The lowest BCUT2D eigenvalue weighted by Crippen LogP contribution is -2.07. The molecular formula is C15H15N5O. The highest BCUT2D eigenvalue weighted by molar-refractivity contribution is 5.88. The van der Waals surface area contributed by atoms with Crippen LogP contribution in [0.1, 0.15) is 17.2 Å². The first-order valence-electron chi connectivity index (χ1n) is 6.64. The summed E-state index contributed by atoms with van der Waals surface area (Å²) in [5.41, 5.74) is 2.51. The summed E-state index contributed by atoms with van der Waals surface area (Å²) in [5.74, 6) is 1.08. The van der Waals surface area contributed by atoms with E-state index in [-0.39, 0.29) is 6.61 Å². The van der Waals surface area contributed by atoms with Crippen molar-refractivity contribution >= 4 is 16.7 Å². The fourth-order valence-electron chi connectivity index (χ4n) is 2.02. The highest BCUT2D eigenvalue weighted by Gasteiger charge is 2.07. The van der Waals surface area contributed by atoms with Crippen LogP contribution in [0.4, 0.5) is 5.82 Å². The Morgan fingerprint density at radius 1 is 1.10 bits per heavy atom. The standard InChI is InChI=1S/C15H15N5O/c1-10-6-17-11(7-16-10)8-18-15-12-4-2-3-5-13(12)19-14(9-21)20-15/h2-7,21H,8-9H2,1H3,(H,18,19,20). The van der Waals surface area contributed by atoms with Crippen LogP contribution in [-0.2, 0) is 13.2 Å². The van der Waals surface area contributed by atoms with Crippen molar-refractivity contribution in [2.45, 2.75) is 20.1 Å². The summed E-state index contributed by atoms with van der Waals surface area (Å²) in [6.07, 6.45) is 3.47. The predicted octanol–water partition coefficient (Wildman–Crippen LogP) is 1.83. The summed E-state index contributed by atoms with van der Waals surface area (Å²) in [6, 6.07) is 7.68. The lowest BCUT2D eigenvalue weighted by atomic mass is 10.2. The van der Waals surface area contributed by atoms with E-state index in [1.54, 1.807) is 12.4 Å². The van der Waals surface area contributed by atoms with Gasteiger partial charge in [-0.05, 0) is 19.1 Å². The lowest BCUT2D eigenvalue weighted by Gasteiger charge is -2.09. The molecule has 0 spiro atoms. The molecule has 0 aliphatic carbocycles. The maximum absolute atomic E-state index is 9.26. The van der Waals surface area contributed by atoms with Crippen LogP contribution in [-0.4, -0.2) is 25.0 Å². The molecule has 0 aliphatic rings. The number of aryl methyl sites for hydroxylation is 1. The van der Waals surface area contributed by atoms with Gasteiger partial charge in [-0.3, -0.25) is 9.97 Å².